The number of benzene rings is 2. The molecule has 0 aliphatic rings. The number of unbranched alkanes of at least 4 members (excludes halogenated alkanes) is 10. The molecule has 0 spiro atoms. The molecule has 0 saturated carbocycles. The summed E-state index contributed by atoms with van der Waals surface area (Å²) in [6.07, 6.45) is 18.0. The molecule has 208 valence electrons. The maximum Gasteiger partial charge on any atom is 0.0793 e. The Labute approximate surface area is 227 Å². The summed E-state index contributed by atoms with van der Waals surface area (Å²) in [4.78, 5) is 6.07. The van der Waals surface area contributed by atoms with Gasteiger partial charge in [0.1, 0.15) is 0 Å². The summed E-state index contributed by atoms with van der Waals surface area (Å²) in [5.74, 6) is 0. The third kappa shape index (κ3) is 18.2. The van der Waals surface area contributed by atoms with Crippen LogP contribution in [0.2, 0.25) is 0 Å². The maximum atomic E-state index is 6.07. The first-order valence-electron chi connectivity index (χ1n) is 14.8. The molecule has 2 aromatic rings. The zero-order chi connectivity index (χ0) is 26.2. The van der Waals surface area contributed by atoms with E-state index in [9.17, 15) is 0 Å². The molecule has 4 nitrogen and oxygen atoms in total. The first kappa shape index (κ1) is 31.5. The van der Waals surface area contributed by atoms with Gasteiger partial charge in [0.2, 0.25) is 0 Å². The van der Waals surface area contributed by atoms with E-state index in [0.717, 1.165) is 26.4 Å². The van der Waals surface area contributed by atoms with Gasteiger partial charge in [0.25, 0.3) is 0 Å². The van der Waals surface area contributed by atoms with Gasteiger partial charge in [0, 0.05) is 27.3 Å². The van der Waals surface area contributed by atoms with Crippen molar-refractivity contribution in [3.63, 3.8) is 0 Å². The second kappa shape index (κ2) is 22.3. The Hall–Kier alpha value is -1.72. The van der Waals surface area contributed by atoms with Crippen LogP contribution in [-0.2, 0) is 27.5 Å². The first-order chi connectivity index (χ1) is 18.2. The molecule has 0 unspecified atom stereocenters. The van der Waals surface area contributed by atoms with Crippen molar-refractivity contribution in [1.29, 1.82) is 0 Å². The van der Waals surface area contributed by atoms with Crippen LogP contribution in [0, 0.1) is 0 Å². The van der Waals surface area contributed by atoms with Crippen LogP contribution < -0.4 is 0 Å². The molecule has 0 atom stereocenters. The molecule has 0 radical (unpaired) electrons. The van der Waals surface area contributed by atoms with Crippen molar-refractivity contribution in [3.05, 3.63) is 71.8 Å². The lowest BCUT2D eigenvalue weighted by Gasteiger charge is -2.21. The van der Waals surface area contributed by atoms with Crippen LogP contribution >= 0.6 is 0 Å². The zero-order valence-electron chi connectivity index (χ0n) is 23.8. The summed E-state index contributed by atoms with van der Waals surface area (Å²) >= 11 is 0. The third-order valence-electron chi connectivity index (χ3n) is 6.71. The Morgan fingerprint density at radius 1 is 0.514 bits per heavy atom. The molecule has 0 amide bonds. The lowest BCUT2D eigenvalue weighted by atomic mass is 10.0. The van der Waals surface area contributed by atoms with Crippen LogP contribution in [0.15, 0.2) is 60.7 Å². The van der Waals surface area contributed by atoms with Crippen molar-refractivity contribution in [2.75, 3.05) is 27.3 Å². The van der Waals surface area contributed by atoms with Crippen LogP contribution in [0.4, 0.5) is 0 Å². The Morgan fingerprint density at radius 2 is 0.892 bits per heavy atom. The van der Waals surface area contributed by atoms with Gasteiger partial charge in [-0.25, -0.2) is 0 Å². The van der Waals surface area contributed by atoms with Crippen molar-refractivity contribution >= 4 is 0 Å². The second-order valence-corrected chi connectivity index (χ2v) is 10.4. The number of ether oxygens (including phenoxy) is 2. The molecule has 0 N–H and O–H groups in total. The van der Waals surface area contributed by atoms with Gasteiger partial charge in [-0.15, -0.1) is 0 Å². The van der Waals surface area contributed by atoms with Crippen molar-refractivity contribution in [2.45, 2.75) is 109 Å². The fraction of sp³-hybridized carbons (Fsp3) is 0.636. The number of rotatable bonds is 24. The van der Waals surface area contributed by atoms with E-state index >= 15 is 0 Å². The lowest BCUT2D eigenvalue weighted by Crippen LogP contribution is -2.23. The van der Waals surface area contributed by atoms with Gasteiger partial charge in [0.05, 0.1) is 19.3 Å². The average Bonchev–Trinajstić information content (AvgIpc) is 2.91. The number of nitrogens with zero attached hydrogens (tertiary/aromatic N) is 1. The smallest absolute Gasteiger partial charge is 0.0793 e. The predicted octanol–water partition coefficient (Wildman–Crippen LogP) is 8.74. The van der Waals surface area contributed by atoms with E-state index in [0.29, 0.717) is 6.10 Å². The van der Waals surface area contributed by atoms with E-state index in [1.165, 1.54) is 101 Å². The van der Waals surface area contributed by atoms with Gasteiger partial charge >= 0.3 is 0 Å². The molecule has 4 heteroatoms. The molecule has 2 aromatic carbocycles. The molecule has 2 rings (SSSR count). The molecule has 0 aliphatic carbocycles. The SMILES string of the molecule is CN(C)OC(CCCCCCCCOCc1ccccc1)CCCCCCCCOCc1ccccc1. The van der Waals surface area contributed by atoms with E-state index in [1.54, 1.807) is 0 Å². The number of hydrogen-bond donors (Lipinski definition) is 0. The highest BCUT2D eigenvalue weighted by Gasteiger charge is 2.10. The van der Waals surface area contributed by atoms with E-state index < -0.39 is 0 Å². The summed E-state index contributed by atoms with van der Waals surface area (Å²) in [5.41, 5.74) is 2.52. The normalized spacial score (nSPS) is 11.6. The van der Waals surface area contributed by atoms with Gasteiger partial charge in [0.15, 0.2) is 0 Å². The van der Waals surface area contributed by atoms with Crippen LogP contribution in [-0.4, -0.2) is 38.5 Å². The topological polar surface area (TPSA) is 30.9 Å². The Bertz CT molecular complexity index is 678. The summed E-state index contributed by atoms with van der Waals surface area (Å²) in [6.45, 7) is 3.21. The molecule has 0 aliphatic heterocycles. The zero-order valence-corrected chi connectivity index (χ0v) is 23.8. The molecule has 0 heterocycles. The van der Waals surface area contributed by atoms with Gasteiger partial charge in [-0.2, -0.15) is 5.06 Å². The Balaban J connectivity index is 1.37. The predicted molar refractivity (Wildman–Crippen MR) is 155 cm³/mol. The van der Waals surface area contributed by atoms with Crippen molar-refractivity contribution in [1.82, 2.24) is 5.06 Å². The molecule has 37 heavy (non-hydrogen) atoms. The van der Waals surface area contributed by atoms with E-state index in [1.807, 2.05) is 31.3 Å². The highest BCUT2D eigenvalue weighted by Crippen LogP contribution is 2.17. The highest BCUT2D eigenvalue weighted by atomic mass is 16.7. The maximum absolute atomic E-state index is 6.07. The number of hydrogen-bond acceptors (Lipinski definition) is 4. The van der Waals surface area contributed by atoms with Gasteiger partial charge < -0.3 is 9.47 Å². The first-order valence-corrected chi connectivity index (χ1v) is 14.8. The van der Waals surface area contributed by atoms with Crippen molar-refractivity contribution in [3.8, 4) is 0 Å². The van der Waals surface area contributed by atoms with E-state index in [4.69, 9.17) is 14.3 Å². The van der Waals surface area contributed by atoms with E-state index in [2.05, 4.69) is 48.5 Å². The lowest BCUT2D eigenvalue weighted by molar-refractivity contribution is -0.169. The fourth-order valence-electron chi connectivity index (χ4n) is 4.64. The minimum atomic E-state index is 0.368. The average molecular weight is 512 g/mol. The molecular formula is C33H53NO3. The standard InChI is InChI=1S/C33H53NO3/c1-34(2)37-33(25-17-7-3-5-9-19-27-35-29-31-21-13-11-14-22-31)26-18-8-4-6-10-20-28-36-30-32-23-15-12-16-24-32/h11-16,21-24,33H,3-10,17-20,25-30H2,1-2H3. The summed E-state index contributed by atoms with van der Waals surface area (Å²) in [7, 11) is 4.01. The van der Waals surface area contributed by atoms with Gasteiger partial charge in [-0.1, -0.05) is 125 Å². The minimum Gasteiger partial charge on any atom is -0.377 e. The third-order valence-corrected chi connectivity index (χ3v) is 6.71. The van der Waals surface area contributed by atoms with E-state index in [-0.39, 0.29) is 0 Å². The Kier molecular flexibility index (Phi) is 19.0. The van der Waals surface area contributed by atoms with Crippen LogP contribution in [0.25, 0.3) is 0 Å². The fourth-order valence-corrected chi connectivity index (χ4v) is 4.64. The van der Waals surface area contributed by atoms with Crippen molar-refractivity contribution < 1.29 is 14.3 Å². The Morgan fingerprint density at radius 3 is 1.30 bits per heavy atom. The van der Waals surface area contributed by atoms with Crippen LogP contribution in [0.1, 0.15) is 101 Å². The monoisotopic (exact) mass is 511 g/mol. The summed E-state index contributed by atoms with van der Waals surface area (Å²) in [6, 6.07) is 20.9. The number of hydroxylamine groups is 2. The highest BCUT2D eigenvalue weighted by molar-refractivity contribution is 5.14. The van der Waals surface area contributed by atoms with Gasteiger partial charge in [-0.3, -0.25) is 4.84 Å². The molecule has 0 saturated heterocycles. The molecule has 0 fully saturated rings. The van der Waals surface area contributed by atoms with Crippen molar-refractivity contribution in [2.24, 2.45) is 0 Å². The molecular weight excluding hydrogens is 458 g/mol. The quantitative estimate of drug-likeness (QED) is 0.104. The largest absolute Gasteiger partial charge is 0.377 e. The van der Waals surface area contributed by atoms with Crippen LogP contribution in [0.5, 0.6) is 0 Å². The minimum absolute atomic E-state index is 0.368. The summed E-state index contributed by atoms with van der Waals surface area (Å²) < 4.78 is 11.6. The summed E-state index contributed by atoms with van der Waals surface area (Å²) in [5, 5.41) is 1.88. The van der Waals surface area contributed by atoms with Gasteiger partial charge in [-0.05, 0) is 36.8 Å². The second-order valence-electron chi connectivity index (χ2n) is 10.4. The molecule has 0 aromatic heterocycles. The van der Waals surface area contributed by atoms with Crippen LogP contribution in [0.3, 0.4) is 0 Å². The molecule has 0 bridgehead atoms.